The fourth-order valence-electron chi connectivity index (χ4n) is 4.78. The molecule has 1 aliphatic heterocycles. The van der Waals surface area contributed by atoms with E-state index in [0.717, 1.165) is 35.5 Å². The molecular formula is C30H34N2O4. The molecule has 4 rings (SSSR count). The Morgan fingerprint density at radius 3 is 2.42 bits per heavy atom. The summed E-state index contributed by atoms with van der Waals surface area (Å²) >= 11 is 0. The van der Waals surface area contributed by atoms with E-state index in [1.54, 1.807) is 19.1 Å². The molecule has 36 heavy (non-hydrogen) atoms. The molecule has 2 N–H and O–H groups in total. The van der Waals surface area contributed by atoms with Crippen molar-refractivity contribution in [1.29, 1.82) is 0 Å². The Labute approximate surface area is 212 Å². The molecule has 188 valence electrons. The van der Waals surface area contributed by atoms with Crippen LogP contribution in [0.1, 0.15) is 64.8 Å². The number of nitrogens with zero attached hydrogens (tertiary/aromatic N) is 1. The Balaban J connectivity index is 1.63. The SMILES string of the molecule is CCOc1cc(CC(=O)NC(c2ccc(C)cc2)c2ccccc2N2CCCCC2)ccc1C(=O)O. The minimum absolute atomic E-state index is 0.0917. The molecule has 1 unspecified atom stereocenters. The zero-order valence-corrected chi connectivity index (χ0v) is 21.0. The van der Waals surface area contributed by atoms with Gasteiger partial charge in [-0.2, -0.15) is 0 Å². The van der Waals surface area contributed by atoms with Crippen molar-refractivity contribution in [2.45, 2.75) is 45.6 Å². The van der Waals surface area contributed by atoms with Gasteiger partial charge < -0.3 is 20.1 Å². The number of hydrogen-bond donors (Lipinski definition) is 2. The Hall–Kier alpha value is -3.80. The summed E-state index contributed by atoms with van der Waals surface area (Å²) in [5.74, 6) is -0.913. The molecule has 6 heteroatoms. The molecule has 0 aromatic heterocycles. The third kappa shape index (κ3) is 6.06. The maximum Gasteiger partial charge on any atom is 0.339 e. The van der Waals surface area contributed by atoms with Crippen molar-refractivity contribution in [2.75, 3.05) is 24.6 Å². The number of benzene rings is 3. The van der Waals surface area contributed by atoms with E-state index < -0.39 is 5.97 Å². The lowest BCUT2D eigenvalue weighted by atomic mass is 9.94. The van der Waals surface area contributed by atoms with Crippen LogP contribution in [-0.2, 0) is 11.2 Å². The van der Waals surface area contributed by atoms with Crippen LogP contribution >= 0.6 is 0 Å². The molecule has 1 atom stereocenters. The number of amides is 1. The molecule has 0 spiro atoms. The third-order valence-electron chi connectivity index (χ3n) is 6.60. The third-order valence-corrected chi connectivity index (χ3v) is 6.60. The smallest absolute Gasteiger partial charge is 0.339 e. The van der Waals surface area contributed by atoms with Gasteiger partial charge in [0.05, 0.1) is 19.1 Å². The number of carbonyl (C=O) groups excluding carboxylic acids is 1. The zero-order chi connectivity index (χ0) is 25.5. The predicted octanol–water partition coefficient (Wildman–Crippen LogP) is 5.53. The van der Waals surface area contributed by atoms with Crippen molar-refractivity contribution >= 4 is 17.6 Å². The fraction of sp³-hybridized carbons (Fsp3) is 0.333. The lowest BCUT2D eigenvalue weighted by molar-refractivity contribution is -0.120. The molecule has 1 fully saturated rings. The molecule has 0 bridgehead atoms. The van der Waals surface area contributed by atoms with Crippen molar-refractivity contribution in [1.82, 2.24) is 5.32 Å². The maximum atomic E-state index is 13.3. The minimum Gasteiger partial charge on any atom is -0.493 e. The summed E-state index contributed by atoms with van der Waals surface area (Å²) in [6.45, 7) is 6.23. The largest absolute Gasteiger partial charge is 0.493 e. The first-order chi connectivity index (χ1) is 17.5. The van der Waals surface area contributed by atoms with Gasteiger partial charge in [-0.15, -0.1) is 0 Å². The van der Waals surface area contributed by atoms with Crippen LogP contribution in [-0.4, -0.2) is 36.7 Å². The van der Waals surface area contributed by atoms with Crippen LogP contribution in [0.15, 0.2) is 66.7 Å². The first-order valence-electron chi connectivity index (χ1n) is 12.6. The Bertz CT molecular complexity index is 1200. The van der Waals surface area contributed by atoms with Gasteiger partial charge in [0.25, 0.3) is 0 Å². The van der Waals surface area contributed by atoms with Crippen molar-refractivity contribution in [3.63, 3.8) is 0 Å². The van der Waals surface area contributed by atoms with Crippen LogP contribution in [0.3, 0.4) is 0 Å². The van der Waals surface area contributed by atoms with Crippen molar-refractivity contribution in [3.05, 3.63) is 94.5 Å². The Morgan fingerprint density at radius 1 is 1.00 bits per heavy atom. The monoisotopic (exact) mass is 486 g/mol. The molecule has 3 aromatic carbocycles. The summed E-state index contributed by atoms with van der Waals surface area (Å²) < 4.78 is 5.52. The highest BCUT2D eigenvalue weighted by atomic mass is 16.5. The number of ether oxygens (including phenoxy) is 1. The number of para-hydroxylation sites is 1. The summed E-state index contributed by atoms with van der Waals surface area (Å²) in [6, 6.07) is 21.1. The first kappa shape index (κ1) is 25.3. The first-order valence-corrected chi connectivity index (χ1v) is 12.6. The van der Waals surface area contributed by atoms with E-state index in [2.05, 4.69) is 59.6 Å². The van der Waals surface area contributed by atoms with Gasteiger partial charge in [-0.3, -0.25) is 4.79 Å². The lowest BCUT2D eigenvalue weighted by Crippen LogP contribution is -2.34. The van der Waals surface area contributed by atoms with E-state index in [0.29, 0.717) is 12.2 Å². The van der Waals surface area contributed by atoms with Crippen LogP contribution in [0.2, 0.25) is 0 Å². The van der Waals surface area contributed by atoms with Gasteiger partial charge in [0.2, 0.25) is 5.91 Å². The van der Waals surface area contributed by atoms with Gasteiger partial charge in [-0.25, -0.2) is 4.79 Å². The summed E-state index contributed by atoms with van der Waals surface area (Å²) in [5, 5.41) is 12.7. The second-order valence-corrected chi connectivity index (χ2v) is 9.26. The number of carbonyl (C=O) groups is 2. The highest BCUT2D eigenvalue weighted by Gasteiger charge is 2.23. The maximum absolute atomic E-state index is 13.3. The number of anilines is 1. The second kappa shape index (κ2) is 11.8. The molecule has 6 nitrogen and oxygen atoms in total. The summed E-state index contributed by atoms with van der Waals surface area (Å²) in [6.07, 6.45) is 3.71. The molecule has 1 saturated heterocycles. The molecule has 1 amide bonds. The average Bonchev–Trinajstić information content (AvgIpc) is 2.89. The zero-order valence-electron chi connectivity index (χ0n) is 21.0. The van der Waals surface area contributed by atoms with E-state index >= 15 is 0 Å². The summed E-state index contributed by atoms with van der Waals surface area (Å²) in [7, 11) is 0. The Kier molecular flexibility index (Phi) is 8.26. The summed E-state index contributed by atoms with van der Waals surface area (Å²) in [4.78, 5) is 27.3. The number of nitrogens with one attached hydrogen (secondary N) is 1. The lowest BCUT2D eigenvalue weighted by Gasteiger charge is -2.33. The van der Waals surface area contributed by atoms with Crippen LogP contribution in [0.5, 0.6) is 5.75 Å². The quantitative estimate of drug-likeness (QED) is 0.416. The van der Waals surface area contributed by atoms with Crippen LogP contribution in [0.25, 0.3) is 0 Å². The molecule has 3 aromatic rings. The van der Waals surface area contributed by atoms with Crippen LogP contribution < -0.4 is 15.0 Å². The number of carboxylic acid groups (broad SMARTS) is 1. The normalized spacial score (nSPS) is 14.2. The predicted molar refractivity (Wildman–Crippen MR) is 142 cm³/mol. The Morgan fingerprint density at radius 2 is 1.72 bits per heavy atom. The highest BCUT2D eigenvalue weighted by molar-refractivity contribution is 5.91. The van der Waals surface area contributed by atoms with Crippen molar-refractivity contribution < 1.29 is 19.4 Å². The second-order valence-electron chi connectivity index (χ2n) is 9.26. The molecule has 0 radical (unpaired) electrons. The average molecular weight is 487 g/mol. The van der Waals surface area contributed by atoms with E-state index in [9.17, 15) is 14.7 Å². The molecule has 1 heterocycles. The number of piperidine rings is 1. The topological polar surface area (TPSA) is 78.9 Å². The molecule has 0 aliphatic carbocycles. The van der Waals surface area contributed by atoms with Gasteiger partial charge in [0.15, 0.2) is 0 Å². The number of hydrogen-bond acceptors (Lipinski definition) is 4. The van der Waals surface area contributed by atoms with E-state index in [1.165, 1.54) is 25.3 Å². The highest BCUT2D eigenvalue weighted by Crippen LogP contribution is 2.33. The van der Waals surface area contributed by atoms with E-state index in [-0.39, 0.29) is 29.7 Å². The number of carboxylic acids is 1. The van der Waals surface area contributed by atoms with Crippen LogP contribution in [0.4, 0.5) is 5.69 Å². The minimum atomic E-state index is -1.05. The molecule has 0 saturated carbocycles. The number of rotatable bonds is 9. The molecule has 1 aliphatic rings. The number of aryl methyl sites for hydroxylation is 1. The summed E-state index contributed by atoms with van der Waals surface area (Å²) in [5.41, 5.74) is 5.21. The van der Waals surface area contributed by atoms with Crippen LogP contribution in [0, 0.1) is 6.92 Å². The van der Waals surface area contributed by atoms with E-state index in [4.69, 9.17) is 4.74 Å². The van der Waals surface area contributed by atoms with Crippen molar-refractivity contribution in [3.8, 4) is 5.75 Å². The van der Waals surface area contributed by atoms with E-state index in [1.807, 2.05) is 6.07 Å². The fourth-order valence-corrected chi connectivity index (χ4v) is 4.78. The standard InChI is InChI=1S/C30H34N2O4/c1-3-36-27-19-22(13-16-25(27)30(34)35)20-28(33)31-29(23-14-11-21(2)12-15-23)24-9-5-6-10-26(24)32-17-7-4-8-18-32/h5-6,9-16,19,29H,3-4,7-8,17-18,20H2,1-2H3,(H,31,33)(H,34,35). The van der Waals surface area contributed by atoms with Gasteiger partial charge in [-0.1, -0.05) is 54.1 Å². The number of aromatic carboxylic acids is 1. The van der Waals surface area contributed by atoms with Gasteiger partial charge in [0, 0.05) is 24.3 Å². The van der Waals surface area contributed by atoms with Crippen molar-refractivity contribution in [2.24, 2.45) is 0 Å². The van der Waals surface area contributed by atoms with Gasteiger partial charge in [-0.05, 0) is 62.4 Å². The van der Waals surface area contributed by atoms with Gasteiger partial charge >= 0.3 is 5.97 Å². The van der Waals surface area contributed by atoms with Gasteiger partial charge in [0.1, 0.15) is 11.3 Å². The molecular weight excluding hydrogens is 452 g/mol.